The van der Waals surface area contributed by atoms with E-state index in [1.54, 1.807) is 0 Å². The van der Waals surface area contributed by atoms with Crippen LogP contribution in [0.4, 0.5) is 0 Å². The monoisotopic (exact) mass is 205 g/mol. The van der Waals surface area contributed by atoms with E-state index in [1.807, 2.05) is 6.07 Å². The maximum absolute atomic E-state index is 5.64. The molecule has 0 amide bonds. The summed E-state index contributed by atoms with van der Waals surface area (Å²) < 4.78 is 5.64. The molecule has 0 bridgehead atoms. The van der Waals surface area contributed by atoms with E-state index >= 15 is 0 Å². The Bertz CT molecular complexity index is 311. The Hall–Kier alpha value is -1.02. The van der Waals surface area contributed by atoms with Crippen LogP contribution in [0, 0.1) is 0 Å². The first kappa shape index (κ1) is 10.5. The maximum Gasteiger partial charge on any atom is 0.122 e. The summed E-state index contributed by atoms with van der Waals surface area (Å²) in [5.41, 5.74) is 1.38. The molecule has 0 aliphatic carbocycles. The fourth-order valence-electron chi connectivity index (χ4n) is 2.05. The molecule has 82 valence electrons. The number of para-hydroxylation sites is 1. The lowest BCUT2D eigenvalue weighted by Gasteiger charge is -2.08. The molecule has 1 aliphatic rings. The zero-order chi connectivity index (χ0) is 10.5. The Morgan fingerprint density at radius 2 is 2.20 bits per heavy atom. The molecular formula is C13H19NO. The zero-order valence-corrected chi connectivity index (χ0v) is 9.33. The second kappa shape index (κ2) is 5.17. The van der Waals surface area contributed by atoms with Crippen LogP contribution in [-0.2, 0) is 0 Å². The van der Waals surface area contributed by atoms with Gasteiger partial charge in [-0.15, -0.1) is 0 Å². The number of hydrogen-bond acceptors (Lipinski definition) is 2. The normalized spacial score (nSPS) is 18.6. The van der Waals surface area contributed by atoms with Crippen LogP contribution in [0.3, 0.4) is 0 Å². The lowest BCUT2D eigenvalue weighted by atomic mass is 9.98. The number of benzene rings is 1. The molecule has 1 aromatic carbocycles. The van der Waals surface area contributed by atoms with Crippen LogP contribution in [0.5, 0.6) is 5.75 Å². The Morgan fingerprint density at radius 3 is 3.07 bits per heavy atom. The van der Waals surface area contributed by atoms with Crippen molar-refractivity contribution in [3.63, 3.8) is 0 Å². The number of ether oxygens (including phenoxy) is 1. The van der Waals surface area contributed by atoms with E-state index in [0.29, 0.717) is 5.92 Å². The van der Waals surface area contributed by atoms with E-state index in [4.69, 9.17) is 4.74 Å². The summed E-state index contributed by atoms with van der Waals surface area (Å²) in [7, 11) is 0. The highest BCUT2D eigenvalue weighted by Gasteiger charge is 2.22. The predicted octanol–water partition coefficient (Wildman–Crippen LogP) is 2.55. The Labute approximate surface area is 91.6 Å². The van der Waals surface area contributed by atoms with Gasteiger partial charge < -0.3 is 10.1 Å². The van der Waals surface area contributed by atoms with Gasteiger partial charge in [-0.25, -0.2) is 0 Å². The van der Waals surface area contributed by atoms with Crippen molar-refractivity contribution in [3.8, 4) is 5.75 Å². The van der Waals surface area contributed by atoms with Gasteiger partial charge in [0, 0.05) is 11.5 Å². The summed E-state index contributed by atoms with van der Waals surface area (Å²) >= 11 is 0. The molecule has 0 saturated carbocycles. The summed E-state index contributed by atoms with van der Waals surface area (Å²) in [4.78, 5) is 0. The van der Waals surface area contributed by atoms with Gasteiger partial charge in [0.2, 0.25) is 0 Å². The van der Waals surface area contributed by atoms with E-state index < -0.39 is 0 Å². The molecule has 0 radical (unpaired) electrons. The van der Waals surface area contributed by atoms with Crippen molar-refractivity contribution in [2.75, 3.05) is 19.7 Å². The minimum Gasteiger partial charge on any atom is -0.493 e. The quantitative estimate of drug-likeness (QED) is 0.746. The van der Waals surface area contributed by atoms with E-state index in [9.17, 15) is 0 Å². The van der Waals surface area contributed by atoms with Crippen molar-refractivity contribution in [1.29, 1.82) is 0 Å². The van der Waals surface area contributed by atoms with Crippen molar-refractivity contribution in [1.82, 2.24) is 5.32 Å². The SMILES string of the molecule is CCCNCCC1COc2ccccc21. The van der Waals surface area contributed by atoms with E-state index in [2.05, 4.69) is 30.4 Å². The molecule has 0 fully saturated rings. The fraction of sp³-hybridized carbons (Fsp3) is 0.538. The van der Waals surface area contributed by atoms with Crippen LogP contribution in [0.1, 0.15) is 31.2 Å². The molecule has 1 N–H and O–H groups in total. The first-order chi connectivity index (χ1) is 7.42. The first-order valence-electron chi connectivity index (χ1n) is 5.84. The standard InChI is InChI=1S/C13H19NO/c1-2-8-14-9-7-11-10-15-13-6-4-3-5-12(11)13/h3-6,11,14H,2,7-10H2,1H3. The Kier molecular flexibility index (Phi) is 3.62. The van der Waals surface area contributed by atoms with Gasteiger partial charge in [-0.05, 0) is 32.0 Å². The molecule has 1 unspecified atom stereocenters. The van der Waals surface area contributed by atoms with Crippen LogP contribution in [0.15, 0.2) is 24.3 Å². The van der Waals surface area contributed by atoms with Crippen LogP contribution >= 0.6 is 0 Å². The number of hydrogen-bond donors (Lipinski definition) is 1. The third kappa shape index (κ3) is 2.51. The third-order valence-electron chi connectivity index (χ3n) is 2.90. The largest absolute Gasteiger partial charge is 0.493 e. The lowest BCUT2D eigenvalue weighted by molar-refractivity contribution is 0.324. The average Bonchev–Trinajstić information content (AvgIpc) is 2.68. The molecule has 2 nitrogen and oxygen atoms in total. The van der Waals surface area contributed by atoms with Crippen molar-refractivity contribution in [2.24, 2.45) is 0 Å². The highest BCUT2D eigenvalue weighted by atomic mass is 16.5. The van der Waals surface area contributed by atoms with Crippen molar-refractivity contribution in [3.05, 3.63) is 29.8 Å². The smallest absolute Gasteiger partial charge is 0.122 e. The highest BCUT2D eigenvalue weighted by Crippen LogP contribution is 2.34. The second-order valence-corrected chi connectivity index (χ2v) is 4.08. The highest BCUT2D eigenvalue weighted by molar-refractivity contribution is 5.39. The van der Waals surface area contributed by atoms with Crippen LogP contribution in [0.2, 0.25) is 0 Å². The summed E-state index contributed by atoms with van der Waals surface area (Å²) in [6.07, 6.45) is 2.38. The van der Waals surface area contributed by atoms with Crippen molar-refractivity contribution in [2.45, 2.75) is 25.7 Å². The molecule has 15 heavy (non-hydrogen) atoms. The van der Waals surface area contributed by atoms with Crippen molar-refractivity contribution >= 4 is 0 Å². The molecule has 2 heteroatoms. The second-order valence-electron chi connectivity index (χ2n) is 4.08. The Balaban J connectivity index is 1.85. The number of fused-ring (bicyclic) bond motifs is 1. The van der Waals surface area contributed by atoms with Gasteiger partial charge in [0.25, 0.3) is 0 Å². The molecule has 1 atom stereocenters. The minimum absolute atomic E-state index is 0.588. The van der Waals surface area contributed by atoms with Gasteiger partial charge in [0.1, 0.15) is 5.75 Å². The van der Waals surface area contributed by atoms with Crippen molar-refractivity contribution < 1.29 is 4.74 Å². The third-order valence-corrected chi connectivity index (χ3v) is 2.90. The molecule has 2 rings (SSSR count). The van der Waals surface area contributed by atoms with Gasteiger partial charge in [-0.1, -0.05) is 25.1 Å². The number of nitrogens with one attached hydrogen (secondary N) is 1. The molecule has 1 heterocycles. The maximum atomic E-state index is 5.64. The van der Waals surface area contributed by atoms with E-state index in [0.717, 1.165) is 25.4 Å². The average molecular weight is 205 g/mol. The molecule has 1 aromatic rings. The summed E-state index contributed by atoms with van der Waals surface area (Å²) in [6, 6.07) is 8.39. The van der Waals surface area contributed by atoms with E-state index in [1.165, 1.54) is 18.4 Å². The van der Waals surface area contributed by atoms with Gasteiger partial charge in [0.15, 0.2) is 0 Å². The summed E-state index contributed by atoms with van der Waals surface area (Å²) in [6.45, 7) is 5.26. The molecule has 1 aliphatic heterocycles. The molecule has 0 spiro atoms. The van der Waals surface area contributed by atoms with Crippen LogP contribution in [-0.4, -0.2) is 19.7 Å². The minimum atomic E-state index is 0.588. The van der Waals surface area contributed by atoms with Gasteiger partial charge in [0.05, 0.1) is 6.61 Å². The number of rotatable bonds is 5. The van der Waals surface area contributed by atoms with Gasteiger partial charge in [-0.3, -0.25) is 0 Å². The molecular weight excluding hydrogens is 186 g/mol. The lowest BCUT2D eigenvalue weighted by Crippen LogP contribution is -2.18. The summed E-state index contributed by atoms with van der Waals surface area (Å²) in [5, 5.41) is 3.44. The van der Waals surface area contributed by atoms with Gasteiger partial charge >= 0.3 is 0 Å². The molecule has 0 saturated heterocycles. The topological polar surface area (TPSA) is 21.3 Å². The first-order valence-corrected chi connectivity index (χ1v) is 5.84. The molecule has 0 aromatic heterocycles. The van der Waals surface area contributed by atoms with Crippen LogP contribution in [0.25, 0.3) is 0 Å². The zero-order valence-electron chi connectivity index (χ0n) is 9.33. The van der Waals surface area contributed by atoms with Crippen LogP contribution < -0.4 is 10.1 Å². The van der Waals surface area contributed by atoms with Gasteiger partial charge in [-0.2, -0.15) is 0 Å². The Morgan fingerprint density at radius 1 is 1.33 bits per heavy atom. The predicted molar refractivity (Wildman–Crippen MR) is 62.5 cm³/mol. The van der Waals surface area contributed by atoms with E-state index in [-0.39, 0.29) is 0 Å². The summed E-state index contributed by atoms with van der Waals surface area (Å²) in [5.74, 6) is 1.67. The fourth-order valence-corrected chi connectivity index (χ4v) is 2.05.